The molecule has 0 radical (unpaired) electrons. The van der Waals surface area contributed by atoms with E-state index in [1.165, 1.54) is 22.4 Å². The van der Waals surface area contributed by atoms with Gasteiger partial charge in [-0.05, 0) is 36.1 Å². The Kier molecular flexibility index (Phi) is 3.11. The largest absolute Gasteiger partial charge is 0.293 e. The Morgan fingerprint density at radius 3 is 2.83 bits per heavy atom. The molecule has 0 N–H and O–H groups in total. The fourth-order valence-corrected chi connectivity index (χ4v) is 2.66. The smallest absolute Gasteiger partial charge is 0.0579 e. The van der Waals surface area contributed by atoms with Gasteiger partial charge in [0.25, 0.3) is 0 Å². The number of pyridine rings is 1. The number of hydrogen-bond donors (Lipinski definition) is 0. The number of rotatable bonds is 2. The third-order valence-electron chi connectivity index (χ3n) is 3.68. The molecule has 92 valence electrons. The van der Waals surface area contributed by atoms with Crippen LogP contribution in [-0.2, 0) is 19.5 Å². The first-order chi connectivity index (χ1) is 8.83. The summed E-state index contributed by atoms with van der Waals surface area (Å²) in [5.41, 5.74) is 5.49. The summed E-state index contributed by atoms with van der Waals surface area (Å²) in [6, 6.07) is 12.8. The minimum atomic E-state index is 0.978. The zero-order chi connectivity index (χ0) is 12.4. The lowest BCUT2D eigenvalue weighted by molar-refractivity contribution is 0.241. The maximum absolute atomic E-state index is 4.53. The minimum absolute atomic E-state index is 0.978. The van der Waals surface area contributed by atoms with Gasteiger partial charge in [0, 0.05) is 25.8 Å². The quantitative estimate of drug-likeness (QED) is 0.799. The average molecular weight is 238 g/mol. The first-order valence-corrected chi connectivity index (χ1v) is 6.52. The normalized spacial score (nSPS) is 15.4. The summed E-state index contributed by atoms with van der Waals surface area (Å²) in [6.07, 6.45) is 3.06. The molecule has 2 aromatic rings. The Morgan fingerprint density at radius 2 is 2.00 bits per heavy atom. The van der Waals surface area contributed by atoms with E-state index in [2.05, 4.69) is 53.2 Å². The van der Waals surface area contributed by atoms with Gasteiger partial charge < -0.3 is 0 Å². The molecule has 0 unspecified atom stereocenters. The van der Waals surface area contributed by atoms with Gasteiger partial charge in [-0.3, -0.25) is 9.88 Å². The van der Waals surface area contributed by atoms with Gasteiger partial charge in [0.15, 0.2) is 0 Å². The van der Waals surface area contributed by atoms with Crippen molar-refractivity contribution in [2.45, 2.75) is 26.4 Å². The van der Waals surface area contributed by atoms with Gasteiger partial charge in [-0.2, -0.15) is 0 Å². The first kappa shape index (κ1) is 11.4. The highest BCUT2D eigenvalue weighted by Gasteiger charge is 2.18. The van der Waals surface area contributed by atoms with Crippen molar-refractivity contribution < 1.29 is 0 Å². The highest BCUT2D eigenvalue weighted by atomic mass is 15.1. The third kappa shape index (κ3) is 2.29. The predicted octanol–water partition coefficient (Wildman–Crippen LogP) is 2.95. The summed E-state index contributed by atoms with van der Waals surface area (Å²) >= 11 is 0. The Balaban J connectivity index is 1.76. The van der Waals surface area contributed by atoms with Crippen LogP contribution in [0.5, 0.6) is 0 Å². The van der Waals surface area contributed by atoms with E-state index in [9.17, 15) is 0 Å². The van der Waals surface area contributed by atoms with Crippen molar-refractivity contribution >= 4 is 0 Å². The molecular weight excluding hydrogens is 220 g/mol. The van der Waals surface area contributed by atoms with E-state index in [4.69, 9.17) is 0 Å². The summed E-state index contributed by atoms with van der Waals surface area (Å²) in [7, 11) is 0. The summed E-state index contributed by atoms with van der Waals surface area (Å²) < 4.78 is 0. The van der Waals surface area contributed by atoms with Crippen LogP contribution in [0.25, 0.3) is 0 Å². The van der Waals surface area contributed by atoms with Crippen molar-refractivity contribution in [1.29, 1.82) is 0 Å². The molecule has 0 spiro atoms. The summed E-state index contributed by atoms with van der Waals surface area (Å²) in [6.45, 7) is 5.32. The van der Waals surface area contributed by atoms with Crippen LogP contribution in [0, 0.1) is 6.92 Å². The Hall–Kier alpha value is -1.67. The SMILES string of the molecule is Cc1ccnc2c1CCN(Cc1ccccc1)C2. The molecule has 0 fully saturated rings. The predicted molar refractivity (Wildman–Crippen MR) is 73.2 cm³/mol. The number of fused-ring (bicyclic) bond motifs is 1. The summed E-state index contributed by atoms with van der Waals surface area (Å²) in [4.78, 5) is 7.01. The van der Waals surface area contributed by atoms with E-state index in [-0.39, 0.29) is 0 Å². The summed E-state index contributed by atoms with van der Waals surface area (Å²) in [5.74, 6) is 0. The maximum Gasteiger partial charge on any atom is 0.0579 e. The van der Waals surface area contributed by atoms with E-state index >= 15 is 0 Å². The highest BCUT2D eigenvalue weighted by Crippen LogP contribution is 2.21. The van der Waals surface area contributed by atoms with Gasteiger partial charge in [0.1, 0.15) is 0 Å². The van der Waals surface area contributed by atoms with Crippen LogP contribution in [0.3, 0.4) is 0 Å². The topological polar surface area (TPSA) is 16.1 Å². The zero-order valence-corrected chi connectivity index (χ0v) is 10.8. The molecule has 2 heteroatoms. The first-order valence-electron chi connectivity index (χ1n) is 6.52. The number of aromatic nitrogens is 1. The van der Waals surface area contributed by atoms with Crippen LogP contribution in [0.1, 0.15) is 22.4 Å². The second kappa shape index (κ2) is 4.91. The van der Waals surface area contributed by atoms with Crippen LogP contribution in [0.2, 0.25) is 0 Å². The van der Waals surface area contributed by atoms with Crippen molar-refractivity contribution in [1.82, 2.24) is 9.88 Å². The van der Waals surface area contributed by atoms with Crippen molar-refractivity contribution in [3.8, 4) is 0 Å². The molecule has 1 aliphatic heterocycles. The monoisotopic (exact) mass is 238 g/mol. The molecule has 3 rings (SSSR count). The van der Waals surface area contributed by atoms with Gasteiger partial charge in [-0.25, -0.2) is 0 Å². The van der Waals surface area contributed by atoms with Gasteiger partial charge in [0.05, 0.1) is 5.69 Å². The van der Waals surface area contributed by atoms with Crippen LogP contribution < -0.4 is 0 Å². The number of hydrogen-bond acceptors (Lipinski definition) is 2. The Bertz CT molecular complexity index is 534. The molecule has 1 aromatic carbocycles. The highest BCUT2D eigenvalue weighted by molar-refractivity contribution is 5.31. The van der Waals surface area contributed by atoms with Gasteiger partial charge >= 0.3 is 0 Å². The zero-order valence-electron chi connectivity index (χ0n) is 10.8. The Labute approximate surface area is 108 Å². The fourth-order valence-electron chi connectivity index (χ4n) is 2.66. The second-order valence-electron chi connectivity index (χ2n) is 5.00. The second-order valence-corrected chi connectivity index (χ2v) is 5.00. The minimum Gasteiger partial charge on any atom is -0.293 e. The molecule has 0 amide bonds. The number of aryl methyl sites for hydroxylation is 1. The van der Waals surface area contributed by atoms with Crippen LogP contribution >= 0.6 is 0 Å². The van der Waals surface area contributed by atoms with Crippen molar-refractivity contribution in [2.24, 2.45) is 0 Å². The van der Waals surface area contributed by atoms with Gasteiger partial charge in [-0.1, -0.05) is 30.3 Å². The molecule has 2 heterocycles. The van der Waals surface area contributed by atoms with E-state index in [0.717, 1.165) is 26.1 Å². The van der Waals surface area contributed by atoms with E-state index < -0.39 is 0 Å². The maximum atomic E-state index is 4.53. The average Bonchev–Trinajstić information content (AvgIpc) is 2.40. The molecule has 0 bridgehead atoms. The molecule has 1 aromatic heterocycles. The third-order valence-corrected chi connectivity index (χ3v) is 3.68. The number of nitrogens with zero attached hydrogens (tertiary/aromatic N) is 2. The molecule has 0 saturated carbocycles. The molecule has 0 atom stereocenters. The van der Waals surface area contributed by atoms with E-state index in [1.54, 1.807) is 0 Å². The molecule has 0 saturated heterocycles. The van der Waals surface area contributed by atoms with Crippen molar-refractivity contribution in [3.05, 3.63) is 65.0 Å². The van der Waals surface area contributed by atoms with E-state index in [0.29, 0.717) is 0 Å². The lowest BCUT2D eigenvalue weighted by atomic mass is 10.00. The van der Waals surface area contributed by atoms with Crippen molar-refractivity contribution in [3.63, 3.8) is 0 Å². The molecule has 0 aliphatic carbocycles. The molecular formula is C16H18N2. The standard InChI is InChI=1S/C16H18N2/c1-13-7-9-17-16-12-18(10-8-15(13)16)11-14-5-3-2-4-6-14/h2-7,9H,8,10-12H2,1H3. The molecule has 18 heavy (non-hydrogen) atoms. The number of benzene rings is 1. The summed E-state index contributed by atoms with van der Waals surface area (Å²) in [5, 5.41) is 0. The van der Waals surface area contributed by atoms with E-state index in [1.807, 2.05) is 6.20 Å². The van der Waals surface area contributed by atoms with Gasteiger partial charge in [-0.15, -0.1) is 0 Å². The molecule has 1 aliphatic rings. The Morgan fingerprint density at radius 1 is 1.17 bits per heavy atom. The van der Waals surface area contributed by atoms with Crippen molar-refractivity contribution in [2.75, 3.05) is 6.54 Å². The molecule has 2 nitrogen and oxygen atoms in total. The van der Waals surface area contributed by atoms with Crippen LogP contribution in [0.15, 0.2) is 42.6 Å². The lowest BCUT2D eigenvalue weighted by Crippen LogP contribution is -2.31. The van der Waals surface area contributed by atoms with Crippen LogP contribution in [-0.4, -0.2) is 16.4 Å². The van der Waals surface area contributed by atoms with Gasteiger partial charge in [0.2, 0.25) is 0 Å². The lowest BCUT2D eigenvalue weighted by Gasteiger charge is -2.28. The van der Waals surface area contributed by atoms with Crippen LogP contribution in [0.4, 0.5) is 0 Å². The fraction of sp³-hybridized carbons (Fsp3) is 0.312.